The van der Waals surface area contributed by atoms with Gasteiger partial charge in [0, 0.05) is 30.9 Å². The highest BCUT2D eigenvalue weighted by Gasteiger charge is 2.16. The van der Waals surface area contributed by atoms with Crippen molar-refractivity contribution in [1.82, 2.24) is 14.5 Å². The predicted octanol–water partition coefficient (Wildman–Crippen LogP) is 1.04. The highest BCUT2D eigenvalue weighted by atomic mass is 15.2. The molecule has 4 heteroatoms. The summed E-state index contributed by atoms with van der Waals surface area (Å²) in [5.74, 6) is 0. The first-order valence-corrected chi connectivity index (χ1v) is 6.24. The monoisotopic (exact) mass is 222 g/mol. The molecular formula is C12H22N4. The molecule has 1 saturated heterocycles. The second kappa shape index (κ2) is 5.46. The molecule has 2 rings (SSSR count). The maximum Gasteiger partial charge on any atom is 0.0951 e. The maximum absolute atomic E-state index is 5.60. The van der Waals surface area contributed by atoms with E-state index in [2.05, 4.69) is 21.4 Å². The molecule has 16 heavy (non-hydrogen) atoms. The van der Waals surface area contributed by atoms with Gasteiger partial charge in [-0.15, -0.1) is 0 Å². The van der Waals surface area contributed by atoms with Crippen molar-refractivity contribution in [2.45, 2.75) is 32.2 Å². The topological polar surface area (TPSA) is 47.1 Å². The summed E-state index contributed by atoms with van der Waals surface area (Å²) in [6, 6.07) is 0.502. The second-order valence-corrected chi connectivity index (χ2v) is 4.69. The fourth-order valence-corrected chi connectivity index (χ4v) is 2.50. The van der Waals surface area contributed by atoms with Gasteiger partial charge in [0.15, 0.2) is 0 Å². The van der Waals surface area contributed by atoms with E-state index in [9.17, 15) is 0 Å². The molecular weight excluding hydrogens is 200 g/mol. The van der Waals surface area contributed by atoms with Crippen LogP contribution in [-0.4, -0.2) is 40.6 Å². The van der Waals surface area contributed by atoms with Crippen LogP contribution >= 0.6 is 0 Å². The molecule has 1 aromatic rings. The summed E-state index contributed by atoms with van der Waals surface area (Å²) in [4.78, 5) is 6.76. The van der Waals surface area contributed by atoms with Crippen LogP contribution in [0.5, 0.6) is 0 Å². The van der Waals surface area contributed by atoms with E-state index in [1.807, 2.05) is 12.5 Å². The zero-order valence-corrected chi connectivity index (χ0v) is 10.1. The summed E-state index contributed by atoms with van der Waals surface area (Å²) < 4.78 is 2.27. The van der Waals surface area contributed by atoms with Crippen LogP contribution in [0.2, 0.25) is 0 Å². The first kappa shape index (κ1) is 11.6. The third kappa shape index (κ3) is 2.62. The molecule has 4 nitrogen and oxygen atoms in total. The Bertz CT molecular complexity index is 315. The van der Waals surface area contributed by atoms with Crippen LogP contribution in [0.4, 0.5) is 0 Å². The summed E-state index contributed by atoms with van der Waals surface area (Å²) in [5, 5.41) is 0. The average molecular weight is 222 g/mol. The van der Waals surface area contributed by atoms with Gasteiger partial charge in [0.1, 0.15) is 0 Å². The quantitative estimate of drug-likeness (QED) is 0.810. The molecule has 0 aromatic carbocycles. The molecule has 0 spiro atoms. The van der Waals surface area contributed by atoms with Crippen LogP contribution in [-0.2, 0) is 6.42 Å². The minimum Gasteiger partial charge on any atom is -0.330 e. The first-order valence-electron chi connectivity index (χ1n) is 6.24. The zero-order chi connectivity index (χ0) is 11.4. The number of rotatable bonds is 5. The molecule has 0 saturated carbocycles. The number of likely N-dealkylation sites (tertiary alicyclic amines) is 1. The third-order valence-electron chi connectivity index (χ3n) is 3.34. The average Bonchev–Trinajstić information content (AvgIpc) is 2.89. The van der Waals surface area contributed by atoms with Crippen LogP contribution in [0.15, 0.2) is 12.5 Å². The summed E-state index contributed by atoms with van der Waals surface area (Å²) in [6.07, 6.45) is 7.50. The van der Waals surface area contributed by atoms with E-state index in [0.717, 1.165) is 13.0 Å². The molecule has 1 atom stereocenters. The molecule has 1 aliphatic rings. The Morgan fingerprint density at radius 2 is 2.19 bits per heavy atom. The standard InChI is InChI=1S/C12H22N4/c1-11(9-15-6-2-3-7-15)16-10-14-8-12(16)4-5-13/h8,10-11H,2-7,9,13H2,1H3. The molecule has 1 aromatic heterocycles. The second-order valence-electron chi connectivity index (χ2n) is 4.69. The van der Waals surface area contributed by atoms with Gasteiger partial charge in [-0.05, 0) is 39.4 Å². The minimum absolute atomic E-state index is 0.502. The smallest absolute Gasteiger partial charge is 0.0951 e. The van der Waals surface area contributed by atoms with Gasteiger partial charge < -0.3 is 15.2 Å². The van der Waals surface area contributed by atoms with Crippen LogP contribution in [0.1, 0.15) is 31.5 Å². The van der Waals surface area contributed by atoms with Crippen LogP contribution in [0, 0.1) is 0 Å². The number of hydrogen-bond acceptors (Lipinski definition) is 3. The molecule has 0 radical (unpaired) electrons. The van der Waals surface area contributed by atoms with Gasteiger partial charge in [-0.1, -0.05) is 0 Å². The van der Waals surface area contributed by atoms with Crippen LogP contribution < -0.4 is 5.73 Å². The lowest BCUT2D eigenvalue weighted by Gasteiger charge is -2.22. The van der Waals surface area contributed by atoms with E-state index >= 15 is 0 Å². The number of imidazole rings is 1. The van der Waals surface area contributed by atoms with Crippen molar-refractivity contribution in [3.63, 3.8) is 0 Å². The molecule has 0 amide bonds. The molecule has 90 valence electrons. The largest absolute Gasteiger partial charge is 0.330 e. The number of nitrogens with zero attached hydrogens (tertiary/aromatic N) is 3. The summed E-state index contributed by atoms with van der Waals surface area (Å²) in [6.45, 7) is 6.60. The van der Waals surface area contributed by atoms with Crippen molar-refractivity contribution in [1.29, 1.82) is 0 Å². The maximum atomic E-state index is 5.60. The first-order chi connectivity index (χ1) is 7.81. The van der Waals surface area contributed by atoms with Crippen molar-refractivity contribution in [3.8, 4) is 0 Å². The van der Waals surface area contributed by atoms with Crippen molar-refractivity contribution in [2.24, 2.45) is 5.73 Å². The van der Waals surface area contributed by atoms with Gasteiger partial charge in [0.2, 0.25) is 0 Å². The number of aromatic nitrogens is 2. The van der Waals surface area contributed by atoms with Crippen molar-refractivity contribution in [2.75, 3.05) is 26.2 Å². The lowest BCUT2D eigenvalue weighted by atomic mass is 10.2. The van der Waals surface area contributed by atoms with Crippen LogP contribution in [0.3, 0.4) is 0 Å². The lowest BCUT2D eigenvalue weighted by molar-refractivity contribution is 0.285. The fraction of sp³-hybridized carbons (Fsp3) is 0.750. The molecule has 0 bridgehead atoms. The highest BCUT2D eigenvalue weighted by Crippen LogP contribution is 2.15. The predicted molar refractivity (Wildman–Crippen MR) is 65.4 cm³/mol. The Labute approximate surface area is 97.4 Å². The Hall–Kier alpha value is -0.870. The van der Waals surface area contributed by atoms with Crippen molar-refractivity contribution < 1.29 is 0 Å². The molecule has 2 N–H and O–H groups in total. The summed E-state index contributed by atoms with van der Waals surface area (Å²) >= 11 is 0. The van der Waals surface area contributed by atoms with Gasteiger partial charge in [-0.25, -0.2) is 4.98 Å². The normalized spacial score (nSPS) is 19.1. The molecule has 1 unspecified atom stereocenters. The third-order valence-corrected chi connectivity index (χ3v) is 3.34. The summed E-state index contributed by atoms with van der Waals surface area (Å²) in [7, 11) is 0. The molecule has 1 aliphatic heterocycles. The SMILES string of the molecule is CC(CN1CCCC1)n1cncc1CCN. The van der Waals surface area contributed by atoms with E-state index in [1.165, 1.54) is 31.6 Å². The Morgan fingerprint density at radius 3 is 2.88 bits per heavy atom. The molecule has 2 heterocycles. The molecule has 1 fully saturated rings. The van der Waals surface area contributed by atoms with Gasteiger partial charge >= 0.3 is 0 Å². The van der Waals surface area contributed by atoms with Crippen molar-refractivity contribution in [3.05, 3.63) is 18.2 Å². The molecule has 0 aliphatic carbocycles. The Kier molecular flexibility index (Phi) is 3.96. The van der Waals surface area contributed by atoms with E-state index in [0.29, 0.717) is 12.6 Å². The van der Waals surface area contributed by atoms with Gasteiger partial charge in [0.25, 0.3) is 0 Å². The Balaban J connectivity index is 1.96. The lowest BCUT2D eigenvalue weighted by Crippen LogP contribution is -2.27. The van der Waals surface area contributed by atoms with Crippen LogP contribution in [0.25, 0.3) is 0 Å². The van der Waals surface area contributed by atoms with Crippen molar-refractivity contribution >= 4 is 0 Å². The number of nitrogens with two attached hydrogens (primary N) is 1. The summed E-state index contributed by atoms with van der Waals surface area (Å²) in [5.41, 5.74) is 6.86. The van der Waals surface area contributed by atoms with Gasteiger partial charge in [0.05, 0.1) is 6.33 Å². The van der Waals surface area contributed by atoms with E-state index < -0.39 is 0 Å². The van der Waals surface area contributed by atoms with Gasteiger partial charge in [-0.3, -0.25) is 0 Å². The number of hydrogen-bond donors (Lipinski definition) is 1. The van der Waals surface area contributed by atoms with E-state index in [-0.39, 0.29) is 0 Å². The highest BCUT2D eigenvalue weighted by molar-refractivity contribution is 5.01. The van der Waals surface area contributed by atoms with Gasteiger partial charge in [-0.2, -0.15) is 0 Å². The fourth-order valence-electron chi connectivity index (χ4n) is 2.50. The van der Waals surface area contributed by atoms with E-state index in [1.54, 1.807) is 0 Å². The Morgan fingerprint density at radius 1 is 1.44 bits per heavy atom. The minimum atomic E-state index is 0.502. The van der Waals surface area contributed by atoms with E-state index in [4.69, 9.17) is 5.73 Å². The zero-order valence-electron chi connectivity index (χ0n) is 10.1.